The van der Waals surface area contributed by atoms with E-state index < -0.39 is 5.60 Å². The molecule has 98 valence electrons. The molecule has 0 bridgehead atoms. The second-order valence-electron chi connectivity index (χ2n) is 5.09. The largest absolute Gasteiger partial charge is 0.443 e. The van der Waals surface area contributed by atoms with E-state index in [1.54, 1.807) is 4.31 Å². The van der Waals surface area contributed by atoms with Crippen LogP contribution in [0.25, 0.3) is 0 Å². The molecule has 0 aliphatic carbocycles. The molecule has 0 saturated carbocycles. The number of rotatable bonds is 1. The lowest BCUT2D eigenvalue weighted by atomic mass is 10.1. The molecule has 1 amide bonds. The molecule has 5 heteroatoms. The van der Waals surface area contributed by atoms with Gasteiger partial charge in [-0.15, -0.1) is 0 Å². The Balaban J connectivity index is 2.11. The van der Waals surface area contributed by atoms with Crippen LogP contribution in [-0.2, 0) is 8.92 Å². The van der Waals surface area contributed by atoms with Gasteiger partial charge in [-0.1, -0.05) is 30.3 Å². The molecule has 0 spiro atoms. The third-order valence-corrected chi connectivity index (χ3v) is 3.21. The first-order valence-corrected chi connectivity index (χ1v) is 6.54. The van der Waals surface area contributed by atoms with Gasteiger partial charge in [0, 0.05) is 0 Å². The number of carbonyl (C=O) groups is 1. The minimum absolute atomic E-state index is 0.0916. The number of hydrogen-bond acceptors (Lipinski definition) is 4. The standard InChI is InChI=1S/C13H17NO3S/c1-13(2,3)17-12(15)14-11(9-16-18-14)10-7-5-4-6-8-10/h4-8,11H,9H2,1-3H3/t11-/m0/s1. The molecule has 0 aromatic heterocycles. The number of ether oxygens (including phenoxy) is 1. The third-order valence-electron chi connectivity index (χ3n) is 2.40. The van der Waals surface area contributed by atoms with E-state index in [0.29, 0.717) is 6.61 Å². The lowest BCUT2D eigenvalue weighted by Crippen LogP contribution is -2.33. The van der Waals surface area contributed by atoms with E-state index in [-0.39, 0.29) is 12.1 Å². The Morgan fingerprint density at radius 2 is 2.06 bits per heavy atom. The number of benzene rings is 1. The molecule has 1 fully saturated rings. The van der Waals surface area contributed by atoms with E-state index >= 15 is 0 Å². The Hall–Kier alpha value is -1.20. The molecular formula is C13H17NO3S. The van der Waals surface area contributed by atoms with E-state index in [4.69, 9.17) is 8.92 Å². The first kappa shape index (κ1) is 13.2. The minimum atomic E-state index is -0.499. The van der Waals surface area contributed by atoms with Crippen LogP contribution in [0.4, 0.5) is 4.79 Å². The maximum absolute atomic E-state index is 12.0. The molecule has 1 saturated heterocycles. The van der Waals surface area contributed by atoms with Gasteiger partial charge in [0.2, 0.25) is 0 Å². The molecule has 0 radical (unpaired) electrons. The van der Waals surface area contributed by atoms with Crippen LogP contribution in [0, 0.1) is 0 Å². The van der Waals surface area contributed by atoms with Gasteiger partial charge in [-0.2, -0.15) is 0 Å². The summed E-state index contributed by atoms with van der Waals surface area (Å²) < 4.78 is 12.2. The zero-order chi connectivity index (χ0) is 13.2. The molecule has 18 heavy (non-hydrogen) atoms. The maximum Gasteiger partial charge on any atom is 0.422 e. The van der Waals surface area contributed by atoms with Gasteiger partial charge in [0.25, 0.3) is 0 Å². The fourth-order valence-corrected chi connectivity index (χ4v) is 2.33. The Morgan fingerprint density at radius 1 is 1.39 bits per heavy atom. The molecule has 1 aromatic carbocycles. The van der Waals surface area contributed by atoms with Crippen molar-refractivity contribution in [2.24, 2.45) is 0 Å². The predicted molar refractivity (Wildman–Crippen MR) is 70.8 cm³/mol. The fourth-order valence-electron chi connectivity index (χ4n) is 1.64. The lowest BCUT2D eigenvalue weighted by Gasteiger charge is -2.25. The third kappa shape index (κ3) is 3.17. The summed E-state index contributed by atoms with van der Waals surface area (Å²) >= 11 is 1.05. The highest BCUT2D eigenvalue weighted by Gasteiger charge is 2.35. The van der Waals surface area contributed by atoms with Crippen LogP contribution in [0.5, 0.6) is 0 Å². The van der Waals surface area contributed by atoms with E-state index in [1.165, 1.54) is 0 Å². The highest BCUT2D eigenvalue weighted by atomic mass is 32.2. The molecule has 1 heterocycles. The normalized spacial score (nSPS) is 19.9. The molecule has 1 aliphatic rings. The van der Waals surface area contributed by atoms with Crippen molar-refractivity contribution in [1.82, 2.24) is 4.31 Å². The zero-order valence-electron chi connectivity index (χ0n) is 10.8. The summed E-state index contributed by atoms with van der Waals surface area (Å²) in [6, 6.07) is 9.72. The van der Waals surface area contributed by atoms with Crippen molar-refractivity contribution < 1.29 is 13.7 Å². The molecule has 0 N–H and O–H groups in total. The SMILES string of the molecule is CC(C)(C)OC(=O)N1SOC[C@H]1c1ccccc1. The highest BCUT2D eigenvalue weighted by molar-refractivity contribution is 7.93. The van der Waals surface area contributed by atoms with Crippen LogP contribution in [0.2, 0.25) is 0 Å². The van der Waals surface area contributed by atoms with Gasteiger partial charge in [0.05, 0.1) is 12.6 Å². The van der Waals surface area contributed by atoms with Crippen LogP contribution in [-0.4, -0.2) is 22.6 Å². The van der Waals surface area contributed by atoms with Crippen molar-refractivity contribution in [3.8, 4) is 0 Å². The van der Waals surface area contributed by atoms with E-state index in [2.05, 4.69) is 0 Å². The molecule has 1 atom stereocenters. The van der Waals surface area contributed by atoms with Gasteiger partial charge in [-0.05, 0) is 26.3 Å². The molecule has 2 rings (SSSR count). The van der Waals surface area contributed by atoms with Gasteiger partial charge < -0.3 is 4.74 Å². The van der Waals surface area contributed by atoms with Gasteiger partial charge in [0.1, 0.15) is 17.8 Å². The summed E-state index contributed by atoms with van der Waals surface area (Å²) in [4.78, 5) is 12.0. The second kappa shape index (κ2) is 5.20. The smallest absolute Gasteiger partial charge is 0.422 e. The van der Waals surface area contributed by atoms with Gasteiger partial charge in [-0.3, -0.25) is 4.18 Å². The molecule has 0 unspecified atom stereocenters. The quantitative estimate of drug-likeness (QED) is 0.576. The molecular weight excluding hydrogens is 250 g/mol. The zero-order valence-corrected chi connectivity index (χ0v) is 11.6. The predicted octanol–water partition coefficient (Wildman–Crippen LogP) is 3.56. The van der Waals surface area contributed by atoms with Crippen molar-refractivity contribution in [1.29, 1.82) is 0 Å². The van der Waals surface area contributed by atoms with Crippen molar-refractivity contribution in [3.05, 3.63) is 35.9 Å². The number of nitrogens with zero attached hydrogens (tertiary/aromatic N) is 1. The first-order chi connectivity index (χ1) is 8.47. The molecule has 4 nitrogen and oxygen atoms in total. The second-order valence-corrected chi connectivity index (χ2v) is 5.87. The van der Waals surface area contributed by atoms with Crippen LogP contribution in [0.1, 0.15) is 32.4 Å². The van der Waals surface area contributed by atoms with Crippen molar-refractivity contribution in [3.63, 3.8) is 0 Å². The Bertz CT molecular complexity index is 416. The number of carbonyl (C=O) groups excluding carboxylic acids is 1. The Kier molecular flexibility index (Phi) is 3.82. The summed E-state index contributed by atoms with van der Waals surface area (Å²) in [5.41, 5.74) is 0.551. The van der Waals surface area contributed by atoms with Crippen molar-refractivity contribution in [2.45, 2.75) is 32.4 Å². The van der Waals surface area contributed by atoms with Crippen LogP contribution in [0.15, 0.2) is 30.3 Å². The Labute approximate surface area is 112 Å². The van der Waals surface area contributed by atoms with E-state index in [1.807, 2.05) is 51.1 Å². The van der Waals surface area contributed by atoms with E-state index in [0.717, 1.165) is 17.8 Å². The van der Waals surface area contributed by atoms with E-state index in [9.17, 15) is 4.79 Å². The molecule has 1 aromatic rings. The van der Waals surface area contributed by atoms with Gasteiger partial charge >= 0.3 is 6.09 Å². The van der Waals surface area contributed by atoms with Crippen molar-refractivity contribution in [2.75, 3.05) is 6.61 Å². The van der Waals surface area contributed by atoms with Gasteiger partial charge in [-0.25, -0.2) is 9.10 Å². The first-order valence-electron chi connectivity index (χ1n) is 5.84. The van der Waals surface area contributed by atoms with Gasteiger partial charge in [0.15, 0.2) is 0 Å². The number of hydrogen-bond donors (Lipinski definition) is 0. The monoisotopic (exact) mass is 267 g/mol. The summed E-state index contributed by atoms with van der Waals surface area (Å²) in [6.07, 6.45) is -0.362. The van der Waals surface area contributed by atoms with Crippen molar-refractivity contribution >= 4 is 18.3 Å². The summed E-state index contributed by atoms with van der Waals surface area (Å²) in [7, 11) is 0. The van der Waals surface area contributed by atoms with Crippen LogP contribution < -0.4 is 0 Å². The topological polar surface area (TPSA) is 38.8 Å². The molecule has 1 aliphatic heterocycles. The lowest BCUT2D eigenvalue weighted by molar-refractivity contribution is 0.0367. The van der Waals surface area contributed by atoms with Crippen LogP contribution >= 0.6 is 12.2 Å². The average Bonchev–Trinajstić information content (AvgIpc) is 2.76. The number of amides is 1. The fraction of sp³-hybridized carbons (Fsp3) is 0.462. The highest BCUT2D eigenvalue weighted by Crippen LogP contribution is 2.36. The Morgan fingerprint density at radius 3 is 2.67 bits per heavy atom. The van der Waals surface area contributed by atoms with Crippen LogP contribution in [0.3, 0.4) is 0 Å². The summed E-state index contributed by atoms with van der Waals surface area (Å²) in [5.74, 6) is 0. The maximum atomic E-state index is 12.0. The average molecular weight is 267 g/mol. The minimum Gasteiger partial charge on any atom is -0.443 e. The summed E-state index contributed by atoms with van der Waals surface area (Å²) in [5, 5.41) is 0. The summed E-state index contributed by atoms with van der Waals surface area (Å²) in [6.45, 7) is 6.03.